The molecule has 1 fully saturated rings. The van der Waals surface area contributed by atoms with Crippen LogP contribution in [0.2, 0.25) is 0 Å². The summed E-state index contributed by atoms with van der Waals surface area (Å²) in [5.74, 6) is 2.15. The number of hydrogen-bond acceptors (Lipinski definition) is 5. The lowest BCUT2D eigenvalue weighted by atomic mass is 9.91. The minimum absolute atomic E-state index is 0.364. The van der Waals surface area contributed by atoms with E-state index in [9.17, 15) is 0 Å². The number of fused-ring (bicyclic) bond motifs is 6. The summed E-state index contributed by atoms with van der Waals surface area (Å²) < 4.78 is 0. The number of aromatic nitrogens is 2. The Hall–Kier alpha value is -2.66. The highest BCUT2D eigenvalue weighted by molar-refractivity contribution is 5.82. The average Bonchev–Trinajstić information content (AvgIpc) is 2.83. The summed E-state index contributed by atoms with van der Waals surface area (Å²) >= 11 is 0. The maximum atomic E-state index is 5.13. The summed E-state index contributed by atoms with van der Waals surface area (Å²) in [6.07, 6.45) is 6.38. The number of anilines is 2. The van der Waals surface area contributed by atoms with E-state index in [1.165, 1.54) is 56.4 Å². The van der Waals surface area contributed by atoms with Crippen molar-refractivity contribution in [2.45, 2.75) is 38.1 Å². The zero-order valence-electron chi connectivity index (χ0n) is 18.2. The van der Waals surface area contributed by atoms with Crippen LogP contribution in [0.4, 0.5) is 11.6 Å². The summed E-state index contributed by atoms with van der Waals surface area (Å²) in [7, 11) is 0. The van der Waals surface area contributed by atoms with Gasteiger partial charge in [-0.15, -0.1) is 0 Å². The molecule has 5 nitrogen and oxygen atoms in total. The number of benzene rings is 2. The molecule has 160 valence electrons. The van der Waals surface area contributed by atoms with Gasteiger partial charge in [0.05, 0.1) is 17.1 Å². The highest BCUT2D eigenvalue weighted by Crippen LogP contribution is 2.42. The van der Waals surface area contributed by atoms with Gasteiger partial charge in [-0.05, 0) is 68.6 Å². The number of nitrogens with zero attached hydrogens (tertiary/aromatic N) is 5. The molecule has 6 rings (SSSR count). The first-order chi connectivity index (χ1) is 15.4. The lowest BCUT2D eigenvalue weighted by molar-refractivity contribution is 0.227. The van der Waals surface area contributed by atoms with Crippen molar-refractivity contribution in [3.8, 4) is 0 Å². The van der Waals surface area contributed by atoms with Gasteiger partial charge >= 0.3 is 0 Å². The van der Waals surface area contributed by atoms with E-state index in [0.717, 1.165) is 48.7 Å². The predicted octanol–water partition coefficient (Wildman–Crippen LogP) is 4.43. The maximum absolute atomic E-state index is 5.13. The summed E-state index contributed by atoms with van der Waals surface area (Å²) in [5.41, 5.74) is 4.96. The highest BCUT2D eigenvalue weighted by Gasteiger charge is 2.37. The molecule has 3 aliphatic rings. The van der Waals surface area contributed by atoms with Crippen LogP contribution < -0.4 is 9.80 Å². The summed E-state index contributed by atoms with van der Waals surface area (Å²) in [6, 6.07) is 17.6. The summed E-state index contributed by atoms with van der Waals surface area (Å²) in [4.78, 5) is 17.9. The monoisotopic (exact) mass is 413 g/mol. The lowest BCUT2D eigenvalue weighted by Gasteiger charge is -2.46. The summed E-state index contributed by atoms with van der Waals surface area (Å²) in [5, 5.41) is 0. The first-order valence-electron chi connectivity index (χ1n) is 12.0. The largest absolute Gasteiger partial charge is 0.351 e. The van der Waals surface area contributed by atoms with E-state index in [-0.39, 0.29) is 0 Å². The van der Waals surface area contributed by atoms with Gasteiger partial charge in [0.25, 0.3) is 0 Å². The van der Waals surface area contributed by atoms with Crippen LogP contribution >= 0.6 is 0 Å². The average molecular weight is 414 g/mol. The minimum Gasteiger partial charge on any atom is -0.351 e. The first kappa shape index (κ1) is 19.1. The Labute approximate surface area is 184 Å². The number of likely N-dealkylation sites (tertiary alicyclic amines) is 1. The SMILES string of the molecule is c1ccc2c(c1)CCN1c3nc4ccccc4nc3N(CCCN3CCCCC3)CC21. The molecule has 2 aromatic carbocycles. The van der Waals surface area contributed by atoms with E-state index >= 15 is 0 Å². The molecular weight excluding hydrogens is 382 g/mol. The van der Waals surface area contributed by atoms with Gasteiger partial charge in [-0.2, -0.15) is 0 Å². The van der Waals surface area contributed by atoms with Crippen LogP contribution in [0, 0.1) is 0 Å². The molecule has 1 aromatic heterocycles. The molecular formula is C26H31N5. The molecule has 3 aliphatic heterocycles. The highest BCUT2D eigenvalue weighted by atomic mass is 15.4. The van der Waals surface area contributed by atoms with Crippen molar-refractivity contribution < 1.29 is 0 Å². The van der Waals surface area contributed by atoms with E-state index in [2.05, 4.69) is 63.2 Å². The van der Waals surface area contributed by atoms with Crippen molar-refractivity contribution in [3.63, 3.8) is 0 Å². The third-order valence-electron chi connectivity index (χ3n) is 7.26. The number of piperidine rings is 1. The third-order valence-corrected chi connectivity index (χ3v) is 7.26. The fourth-order valence-corrected chi connectivity index (χ4v) is 5.65. The van der Waals surface area contributed by atoms with Crippen molar-refractivity contribution in [2.75, 3.05) is 49.1 Å². The molecule has 1 atom stereocenters. The van der Waals surface area contributed by atoms with E-state index in [1.54, 1.807) is 0 Å². The standard InChI is InChI=1S/C26H31N5/c1-6-14-29(15-7-1)16-8-17-30-19-24-21-10-3-2-9-20(21)13-18-31(24)26-25(30)27-22-11-4-5-12-23(22)28-26/h2-5,9-12,24H,1,6-8,13-19H2. The molecule has 5 heteroatoms. The Balaban J connectivity index is 1.33. The van der Waals surface area contributed by atoms with Crippen LogP contribution in [-0.4, -0.2) is 54.1 Å². The van der Waals surface area contributed by atoms with Gasteiger partial charge < -0.3 is 14.7 Å². The molecule has 1 unspecified atom stereocenters. The molecule has 4 heterocycles. The predicted molar refractivity (Wildman–Crippen MR) is 127 cm³/mol. The van der Waals surface area contributed by atoms with Crippen molar-refractivity contribution in [1.82, 2.24) is 14.9 Å². The topological polar surface area (TPSA) is 35.5 Å². The van der Waals surface area contributed by atoms with Crippen LogP contribution in [0.1, 0.15) is 42.9 Å². The third kappa shape index (κ3) is 3.55. The quantitative estimate of drug-likeness (QED) is 0.632. The fourth-order valence-electron chi connectivity index (χ4n) is 5.65. The second kappa shape index (κ2) is 8.12. The second-order valence-corrected chi connectivity index (χ2v) is 9.22. The Morgan fingerprint density at radius 1 is 0.774 bits per heavy atom. The van der Waals surface area contributed by atoms with Gasteiger partial charge in [0.1, 0.15) is 0 Å². The van der Waals surface area contributed by atoms with Crippen molar-refractivity contribution >= 4 is 22.7 Å². The molecule has 31 heavy (non-hydrogen) atoms. The minimum atomic E-state index is 0.364. The molecule has 0 saturated carbocycles. The van der Waals surface area contributed by atoms with Crippen LogP contribution in [-0.2, 0) is 6.42 Å². The van der Waals surface area contributed by atoms with Crippen molar-refractivity contribution in [2.24, 2.45) is 0 Å². The first-order valence-corrected chi connectivity index (χ1v) is 12.0. The van der Waals surface area contributed by atoms with Gasteiger partial charge in [-0.1, -0.05) is 42.8 Å². The van der Waals surface area contributed by atoms with Crippen molar-refractivity contribution in [3.05, 3.63) is 59.7 Å². The van der Waals surface area contributed by atoms with Crippen LogP contribution in [0.15, 0.2) is 48.5 Å². The maximum Gasteiger partial charge on any atom is 0.173 e. The molecule has 0 N–H and O–H groups in total. The van der Waals surface area contributed by atoms with E-state index in [0.29, 0.717) is 6.04 Å². The van der Waals surface area contributed by atoms with Gasteiger partial charge in [-0.25, -0.2) is 9.97 Å². The smallest absolute Gasteiger partial charge is 0.173 e. The summed E-state index contributed by atoms with van der Waals surface area (Å²) in [6.45, 7) is 6.79. The van der Waals surface area contributed by atoms with E-state index < -0.39 is 0 Å². The molecule has 0 spiro atoms. The Kier molecular flexibility index (Phi) is 4.99. The Morgan fingerprint density at radius 2 is 1.52 bits per heavy atom. The van der Waals surface area contributed by atoms with Gasteiger partial charge in [0.15, 0.2) is 11.6 Å². The molecule has 0 radical (unpaired) electrons. The van der Waals surface area contributed by atoms with Crippen LogP contribution in [0.3, 0.4) is 0 Å². The lowest BCUT2D eigenvalue weighted by Crippen LogP contribution is -2.48. The second-order valence-electron chi connectivity index (χ2n) is 9.22. The Bertz CT molecular complexity index is 1070. The number of hydrogen-bond donors (Lipinski definition) is 0. The molecule has 3 aromatic rings. The zero-order chi connectivity index (χ0) is 20.6. The number of para-hydroxylation sites is 2. The van der Waals surface area contributed by atoms with Gasteiger partial charge in [0, 0.05) is 19.6 Å². The zero-order valence-corrected chi connectivity index (χ0v) is 18.2. The Morgan fingerprint density at radius 3 is 2.35 bits per heavy atom. The van der Waals surface area contributed by atoms with Gasteiger partial charge in [0.2, 0.25) is 0 Å². The number of rotatable bonds is 4. The van der Waals surface area contributed by atoms with E-state index in [4.69, 9.17) is 9.97 Å². The molecule has 0 aliphatic carbocycles. The normalized spacial score (nSPS) is 21.0. The molecule has 1 saturated heterocycles. The fraction of sp³-hybridized carbons (Fsp3) is 0.462. The molecule has 0 bridgehead atoms. The van der Waals surface area contributed by atoms with Gasteiger partial charge in [-0.3, -0.25) is 0 Å². The van der Waals surface area contributed by atoms with E-state index in [1.807, 2.05) is 0 Å². The van der Waals surface area contributed by atoms with Crippen LogP contribution in [0.5, 0.6) is 0 Å². The molecule has 0 amide bonds. The van der Waals surface area contributed by atoms with Crippen molar-refractivity contribution in [1.29, 1.82) is 0 Å². The van der Waals surface area contributed by atoms with Crippen LogP contribution in [0.25, 0.3) is 11.0 Å².